The first-order valence-electron chi connectivity index (χ1n) is 6.09. The average molecular weight is 252 g/mol. The second-order valence-corrected chi connectivity index (χ2v) is 4.38. The Bertz CT molecular complexity index is 425. The van der Waals surface area contributed by atoms with Crippen molar-refractivity contribution in [1.82, 2.24) is 4.90 Å². The lowest BCUT2D eigenvalue weighted by atomic mass is 10.1. The van der Waals surface area contributed by atoms with Crippen LogP contribution in [0, 0.1) is 5.82 Å². The number of halogens is 1. The summed E-state index contributed by atoms with van der Waals surface area (Å²) in [5, 5.41) is 0. The van der Waals surface area contributed by atoms with Crippen molar-refractivity contribution in [3.05, 3.63) is 35.6 Å². The molecule has 1 aliphatic rings. The molecule has 0 aliphatic carbocycles. The van der Waals surface area contributed by atoms with Crippen LogP contribution < -0.4 is 5.73 Å². The summed E-state index contributed by atoms with van der Waals surface area (Å²) in [7, 11) is 0. The molecule has 0 bridgehead atoms. The molecule has 18 heavy (non-hydrogen) atoms. The molecule has 1 fully saturated rings. The van der Waals surface area contributed by atoms with E-state index in [0.29, 0.717) is 18.7 Å². The predicted octanol–water partition coefficient (Wildman–Crippen LogP) is 1.89. The third kappa shape index (κ3) is 2.79. The van der Waals surface area contributed by atoms with Gasteiger partial charge < -0.3 is 10.5 Å². The Labute approximate surface area is 106 Å². The molecule has 0 spiro atoms. The highest BCUT2D eigenvalue weighted by atomic mass is 19.1. The van der Waals surface area contributed by atoms with Crippen molar-refractivity contribution in [2.45, 2.75) is 25.4 Å². The molecule has 1 unspecified atom stereocenters. The van der Waals surface area contributed by atoms with Crippen LogP contribution in [0.1, 0.15) is 18.4 Å². The van der Waals surface area contributed by atoms with Gasteiger partial charge in [0.1, 0.15) is 12.4 Å². The van der Waals surface area contributed by atoms with E-state index >= 15 is 0 Å². The molecule has 98 valence electrons. The minimum atomic E-state index is -0.375. The first-order valence-corrected chi connectivity index (χ1v) is 6.09. The smallest absolute Gasteiger partial charge is 0.410 e. The van der Waals surface area contributed by atoms with E-state index in [1.807, 2.05) is 0 Å². The van der Waals surface area contributed by atoms with E-state index in [1.165, 1.54) is 6.07 Å². The molecular formula is C13H17FN2O2. The molecule has 1 aromatic carbocycles. The molecule has 0 saturated carbocycles. The molecule has 0 radical (unpaired) electrons. The third-order valence-electron chi connectivity index (χ3n) is 3.11. The summed E-state index contributed by atoms with van der Waals surface area (Å²) in [6, 6.07) is 6.47. The lowest BCUT2D eigenvalue weighted by molar-refractivity contribution is 0.155. The van der Waals surface area contributed by atoms with Crippen molar-refractivity contribution in [2.24, 2.45) is 5.73 Å². The number of amides is 1. The molecule has 1 saturated heterocycles. The predicted molar refractivity (Wildman–Crippen MR) is 65.4 cm³/mol. The summed E-state index contributed by atoms with van der Waals surface area (Å²) in [6.07, 6.45) is 1.24. The summed E-state index contributed by atoms with van der Waals surface area (Å²) < 4.78 is 18.6. The highest BCUT2D eigenvalue weighted by Gasteiger charge is 2.32. The zero-order valence-electron chi connectivity index (χ0n) is 10.1. The number of ether oxygens (including phenoxy) is 1. The molecule has 1 aliphatic heterocycles. The number of cyclic esters (lactones) is 1. The first-order chi connectivity index (χ1) is 8.72. The second kappa shape index (κ2) is 5.82. The molecule has 2 N–H and O–H groups in total. The van der Waals surface area contributed by atoms with Gasteiger partial charge in [-0.2, -0.15) is 0 Å². The normalized spacial score (nSPS) is 19.1. The lowest BCUT2D eigenvalue weighted by Gasteiger charge is -2.21. The van der Waals surface area contributed by atoms with Gasteiger partial charge in [-0.25, -0.2) is 9.18 Å². The van der Waals surface area contributed by atoms with Crippen LogP contribution in [0.15, 0.2) is 24.3 Å². The van der Waals surface area contributed by atoms with Gasteiger partial charge in [-0.15, -0.1) is 0 Å². The Morgan fingerprint density at radius 1 is 1.44 bits per heavy atom. The summed E-state index contributed by atoms with van der Waals surface area (Å²) in [4.78, 5) is 13.2. The van der Waals surface area contributed by atoms with Crippen molar-refractivity contribution in [3.8, 4) is 0 Å². The van der Waals surface area contributed by atoms with Gasteiger partial charge in [0, 0.05) is 5.56 Å². The van der Waals surface area contributed by atoms with Crippen molar-refractivity contribution in [1.29, 1.82) is 0 Å². The Balaban J connectivity index is 2.06. The number of nitrogens with two attached hydrogens (primary N) is 1. The van der Waals surface area contributed by atoms with E-state index in [2.05, 4.69) is 0 Å². The van der Waals surface area contributed by atoms with Crippen LogP contribution in [0.4, 0.5) is 9.18 Å². The van der Waals surface area contributed by atoms with E-state index in [-0.39, 0.29) is 24.5 Å². The Hall–Kier alpha value is -1.62. The van der Waals surface area contributed by atoms with Crippen LogP contribution in [0.2, 0.25) is 0 Å². The fraction of sp³-hybridized carbons (Fsp3) is 0.462. The topological polar surface area (TPSA) is 55.6 Å². The van der Waals surface area contributed by atoms with Crippen molar-refractivity contribution in [2.75, 3.05) is 13.2 Å². The number of carbonyl (C=O) groups is 1. The molecule has 1 aromatic rings. The van der Waals surface area contributed by atoms with E-state index in [4.69, 9.17) is 10.5 Å². The maximum absolute atomic E-state index is 13.6. The number of hydrogen-bond donors (Lipinski definition) is 1. The molecule has 1 heterocycles. The second-order valence-electron chi connectivity index (χ2n) is 4.38. The maximum atomic E-state index is 13.6. The minimum Gasteiger partial charge on any atom is -0.447 e. The van der Waals surface area contributed by atoms with Crippen molar-refractivity contribution in [3.63, 3.8) is 0 Å². The van der Waals surface area contributed by atoms with E-state index in [1.54, 1.807) is 23.1 Å². The highest BCUT2D eigenvalue weighted by Crippen LogP contribution is 2.20. The van der Waals surface area contributed by atoms with Gasteiger partial charge in [0.25, 0.3) is 0 Å². The zero-order chi connectivity index (χ0) is 13.0. The zero-order valence-corrected chi connectivity index (χ0v) is 10.1. The Morgan fingerprint density at radius 3 is 2.94 bits per heavy atom. The molecule has 4 nitrogen and oxygen atoms in total. The van der Waals surface area contributed by atoms with E-state index < -0.39 is 0 Å². The number of carbonyl (C=O) groups excluding carboxylic acids is 1. The van der Waals surface area contributed by atoms with Gasteiger partial charge in [-0.05, 0) is 25.5 Å². The van der Waals surface area contributed by atoms with Gasteiger partial charge in [-0.1, -0.05) is 18.2 Å². The summed E-state index contributed by atoms with van der Waals surface area (Å²) in [5.74, 6) is -0.297. The molecule has 5 heteroatoms. The third-order valence-corrected chi connectivity index (χ3v) is 3.11. The summed E-state index contributed by atoms with van der Waals surface area (Å²) in [5.41, 5.74) is 5.97. The van der Waals surface area contributed by atoms with Gasteiger partial charge in [0.15, 0.2) is 0 Å². The largest absolute Gasteiger partial charge is 0.447 e. The summed E-state index contributed by atoms with van der Waals surface area (Å²) in [6.45, 7) is 1.20. The van der Waals surface area contributed by atoms with Crippen LogP contribution in [0.5, 0.6) is 0 Å². The molecule has 0 aromatic heterocycles. The standard InChI is InChI=1S/C13H17FN2O2/c14-12-6-2-1-4-10(12)8-16-11(5-3-7-15)9-18-13(16)17/h1-2,4,6,11H,3,5,7-9,15H2. The van der Waals surface area contributed by atoms with Gasteiger partial charge in [-0.3, -0.25) is 4.90 Å². The van der Waals surface area contributed by atoms with Crippen LogP contribution in [-0.4, -0.2) is 30.2 Å². The highest BCUT2D eigenvalue weighted by molar-refractivity contribution is 5.70. The number of benzene rings is 1. The Morgan fingerprint density at radius 2 is 2.22 bits per heavy atom. The molecule has 1 amide bonds. The number of rotatable bonds is 5. The monoisotopic (exact) mass is 252 g/mol. The van der Waals surface area contributed by atoms with E-state index in [9.17, 15) is 9.18 Å². The van der Waals surface area contributed by atoms with Gasteiger partial charge >= 0.3 is 6.09 Å². The molecule has 1 atom stereocenters. The summed E-state index contributed by atoms with van der Waals surface area (Å²) >= 11 is 0. The van der Waals surface area contributed by atoms with Crippen molar-refractivity contribution < 1.29 is 13.9 Å². The number of hydrogen-bond acceptors (Lipinski definition) is 3. The van der Waals surface area contributed by atoms with Crippen molar-refractivity contribution >= 4 is 6.09 Å². The van der Waals surface area contributed by atoms with Crippen LogP contribution in [0.3, 0.4) is 0 Å². The van der Waals surface area contributed by atoms with Crippen LogP contribution in [0.25, 0.3) is 0 Å². The van der Waals surface area contributed by atoms with Gasteiger partial charge in [0.2, 0.25) is 0 Å². The Kier molecular flexibility index (Phi) is 4.15. The average Bonchev–Trinajstić information content (AvgIpc) is 2.71. The SMILES string of the molecule is NCCCC1COC(=O)N1Cc1ccccc1F. The molecule has 2 rings (SSSR count). The minimum absolute atomic E-state index is 0.000608. The lowest BCUT2D eigenvalue weighted by Crippen LogP contribution is -2.33. The maximum Gasteiger partial charge on any atom is 0.410 e. The quantitative estimate of drug-likeness (QED) is 0.870. The van der Waals surface area contributed by atoms with Gasteiger partial charge in [0.05, 0.1) is 12.6 Å². The fourth-order valence-corrected chi connectivity index (χ4v) is 2.09. The van der Waals surface area contributed by atoms with Crippen LogP contribution >= 0.6 is 0 Å². The molecular weight excluding hydrogens is 235 g/mol. The fourth-order valence-electron chi connectivity index (χ4n) is 2.09. The first kappa shape index (κ1) is 12.8. The van der Waals surface area contributed by atoms with Crippen LogP contribution in [-0.2, 0) is 11.3 Å². The van der Waals surface area contributed by atoms with E-state index in [0.717, 1.165) is 12.8 Å². The number of nitrogens with zero attached hydrogens (tertiary/aromatic N) is 1.